The Kier molecular flexibility index (Phi) is 4.71. The normalized spacial score (nSPS) is 18.4. The number of nitrogens with one attached hydrogen (secondary N) is 1. The number of morpholine rings is 1. The van der Waals surface area contributed by atoms with Crippen molar-refractivity contribution < 1.29 is 19.6 Å². The van der Waals surface area contributed by atoms with Crippen molar-refractivity contribution in [3.8, 4) is 0 Å². The summed E-state index contributed by atoms with van der Waals surface area (Å²) in [5.74, 6) is -0.375. The number of aliphatic hydroxyl groups is 1. The van der Waals surface area contributed by atoms with Crippen LogP contribution in [0, 0.1) is 10.1 Å². The zero-order valence-electron chi connectivity index (χ0n) is 11.6. The summed E-state index contributed by atoms with van der Waals surface area (Å²) in [6.45, 7) is 1.12. The number of hydrogen-bond donors (Lipinski definition) is 2. The van der Waals surface area contributed by atoms with Gasteiger partial charge in [0, 0.05) is 31.8 Å². The maximum absolute atomic E-state index is 11.6. The number of carbonyl (C=O) groups excluding carboxylic acids is 1. The van der Waals surface area contributed by atoms with Gasteiger partial charge in [-0.1, -0.05) is 0 Å². The summed E-state index contributed by atoms with van der Waals surface area (Å²) in [7, 11) is 1.47. The van der Waals surface area contributed by atoms with Crippen LogP contribution in [0.3, 0.4) is 0 Å². The average Bonchev–Trinajstić information content (AvgIpc) is 2.53. The van der Waals surface area contributed by atoms with Crippen LogP contribution >= 0.6 is 0 Å². The van der Waals surface area contributed by atoms with E-state index >= 15 is 0 Å². The van der Waals surface area contributed by atoms with Crippen LogP contribution < -0.4 is 10.2 Å². The molecule has 21 heavy (non-hydrogen) atoms. The van der Waals surface area contributed by atoms with Gasteiger partial charge in [-0.25, -0.2) is 0 Å². The molecule has 1 atom stereocenters. The van der Waals surface area contributed by atoms with Gasteiger partial charge in [0.25, 0.3) is 11.6 Å². The Balaban J connectivity index is 2.34. The lowest BCUT2D eigenvalue weighted by Gasteiger charge is -2.33. The van der Waals surface area contributed by atoms with E-state index in [1.807, 2.05) is 0 Å². The molecule has 2 rings (SSSR count). The quantitative estimate of drug-likeness (QED) is 0.605. The molecule has 0 aromatic heterocycles. The monoisotopic (exact) mass is 295 g/mol. The van der Waals surface area contributed by atoms with Gasteiger partial charge in [-0.15, -0.1) is 0 Å². The van der Waals surface area contributed by atoms with Crippen molar-refractivity contribution >= 4 is 17.3 Å². The molecule has 0 aliphatic carbocycles. The number of nitro benzene ring substituents is 1. The van der Waals surface area contributed by atoms with Gasteiger partial charge < -0.3 is 20.1 Å². The fourth-order valence-electron chi connectivity index (χ4n) is 2.27. The summed E-state index contributed by atoms with van der Waals surface area (Å²) in [5.41, 5.74) is 0.531. The van der Waals surface area contributed by atoms with E-state index in [4.69, 9.17) is 9.84 Å². The molecule has 1 fully saturated rings. The first-order valence-corrected chi connectivity index (χ1v) is 6.54. The fraction of sp³-hybridized carbons (Fsp3) is 0.462. The highest BCUT2D eigenvalue weighted by Gasteiger charge is 2.26. The fourth-order valence-corrected chi connectivity index (χ4v) is 2.27. The summed E-state index contributed by atoms with van der Waals surface area (Å²) in [6, 6.07) is 4.37. The molecule has 2 N–H and O–H groups in total. The van der Waals surface area contributed by atoms with Gasteiger partial charge in [-0.05, 0) is 12.1 Å². The Morgan fingerprint density at radius 3 is 3.00 bits per heavy atom. The van der Waals surface area contributed by atoms with E-state index in [1.54, 1.807) is 17.0 Å². The molecule has 1 amide bonds. The lowest BCUT2D eigenvalue weighted by Crippen LogP contribution is -2.44. The van der Waals surface area contributed by atoms with Crippen LogP contribution in [0.1, 0.15) is 10.4 Å². The molecule has 8 nitrogen and oxygen atoms in total. The van der Waals surface area contributed by atoms with Crippen LogP contribution in [-0.4, -0.2) is 55.4 Å². The van der Waals surface area contributed by atoms with Crippen molar-refractivity contribution in [3.63, 3.8) is 0 Å². The average molecular weight is 295 g/mol. The van der Waals surface area contributed by atoms with E-state index in [1.165, 1.54) is 13.1 Å². The van der Waals surface area contributed by atoms with Crippen LogP contribution in [0.25, 0.3) is 0 Å². The predicted molar refractivity (Wildman–Crippen MR) is 75.5 cm³/mol. The second-order valence-corrected chi connectivity index (χ2v) is 4.66. The zero-order valence-corrected chi connectivity index (χ0v) is 11.6. The van der Waals surface area contributed by atoms with Crippen molar-refractivity contribution in [2.45, 2.75) is 6.10 Å². The highest BCUT2D eigenvalue weighted by Crippen LogP contribution is 2.30. The molecular formula is C13H17N3O5. The van der Waals surface area contributed by atoms with Gasteiger partial charge in [0.15, 0.2) is 0 Å². The number of hydrogen-bond acceptors (Lipinski definition) is 6. The highest BCUT2D eigenvalue weighted by molar-refractivity contribution is 5.95. The van der Waals surface area contributed by atoms with Crippen molar-refractivity contribution in [2.75, 3.05) is 38.3 Å². The van der Waals surface area contributed by atoms with Crippen molar-refractivity contribution in [1.82, 2.24) is 5.32 Å². The Hall–Kier alpha value is -2.19. The predicted octanol–water partition coefficient (Wildman–Crippen LogP) is 0.152. The third-order valence-electron chi connectivity index (χ3n) is 3.34. The number of amides is 1. The molecular weight excluding hydrogens is 278 g/mol. The molecule has 0 bridgehead atoms. The number of aliphatic hydroxyl groups excluding tert-OH is 1. The maximum Gasteiger partial charge on any atom is 0.293 e. The molecule has 0 radical (unpaired) electrons. The van der Waals surface area contributed by atoms with Crippen molar-refractivity contribution in [2.24, 2.45) is 0 Å². The molecule has 1 aromatic carbocycles. The van der Waals surface area contributed by atoms with Crippen LogP contribution in [0.4, 0.5) is 11.4 Å². The molecule has 1 saturated heterocycles. The summed E-state index contributed by atoms with van der Waals surface area (Å²) in [6.07, 6.45) is -0.364. The van der Waals surface area contributed by atoms with Crippen molar-refractivity contribution in [3.05, 3.63) is 33.9 Å². The molecule has 114 valence electrons. The van der Waals surface area contributed by atoms with Gasteiger partial charge in [0.05, 0.1) is 24.2 Å². The molecule has 0 saturated carbocycles. The molecule has 1 aliphatic rings. The summed E-state index contributed by atoms with van der Waals surface area (Å²) < 4.78 is 5.33. The van der Waals surface area contributed by atoms with Gasteiger partial charge in [0.1, 0.15) is 5.69 Å². The molecule has 1 heterocycles. The third-order valence-corrected chi connectivity index (χ3v) is 3.34. The molecule has 1 unspecified atom stereocenters. The number of carbonyl (C=O) groups is 1. The molecule has 0 spiro atoms. The molecule has 1 aromatic rings. The van der Waals surface area contributed by atoms with E-state index in [9.17, 15) is 14.9 Å². The van der Waals surface area contributed by atoms with Crippen molar-refractivity contribution in [1.29, 1.82) is 0 Å². The largest absolute Gasteiger partial charge is 0.394 e. The van der Waals surface area contributed by atoms with Gasteiger partial charge in [0.2, 0.25) is 0 Å². The summed E-state index contributed by atoms with van der Waals surface area (Å²) >= 11 is 0. The van der Waals surface area contributed by atoms with Crippen LogP contribution in [-0.2, 0) is 4.74 Å². The lowest BCUT2D eigenvalue weighted by molar-refractivity contribution is -0.384. The zero-order chi connectivity index (χ0) is 15.4. The smallest absolute Gasteiger partial charge is 0.293 e. The first-order valence-electron chi connectivity index (χ1n) is 6.54. The van der Waals surface area contributed by atoms with E-state index < -0.39 is 4.92 Å². The SMILES string of the molecule is CNC(=O)c1ccc(N2CCOC(CO)C2)c([N+](=O)[O-])c1. The lowest BCUT2D eigenvalue weighted by atomic mass is 10.1. The number of nitro groups is 1. The number of rotatable bonds is 4. The topological polar surface area (TPSA) is 105 Å². The number of nitrogens with zero attached hydrogens (tertiary/aromatic N) is 2. The third kappa shape index (κ3) is 3.29. The Morgan fingerprint density at radius 1 is 1.62 bits per heavy atom. The minimum absolute atomic E-state index is 0.130. The van der Waals surface area contributed by atoms with E-state index in [0.29, 0.717) is 25.4 Å². The number of ether oxygens (including phenoxy) is 1. The van der Waals surface area contributed by atoms with Gasteiger partial charge >= 0.3 is 0 Å². The van der Waals surface area contributed by atoms with Gasteiger partial charge in [-0.2, -0.15) is 0 Å². The Bertz CT molecular complexity index is 549. The minimum atomic E-state index is -0.509. The van der Waals surface area contributed by atoms with E-state index in [2.05, 4.69) is 5.32 Å². The second-order valence-electron chi connectivity index (χ2n) is 4.66. The van der Waals surface area contributed by atoms with Crippen LogP contribution in [0.2, 0.25) is 0 Å². The minimum Gasteiger partial charge on any atom is -0.394 e. The number of benzene rings is 1. The van der Waals surface area contributed by atoms with E-state index in [-0.39, 0.29) is 29.9 Å². The van der Waals surface area contributed by atoms with Gasteiger partial charge in [-0.3, -0.25) is 14.9 Å². The second kappa shape index (κ2) is 6.51. The molecule has 8 heteroatoms. The Labute approximate surface area is 121 Å². The Morgan fingerprint density at radius 2 is 2.38 bits per heavy atom. The highest BCUT2D eigenvalue weighted by atomic mass is 16.6. The van der Waals surface area contributed by atoms with Crippen LogP contribution in [0.5, 0.6) is 0 Å². The summed E-state index contributed by atoms with van der Waals surface area (Å²) in [5, 5.41) is 22.8. The van der Waals surface area contributed by atoms with E-state index in [0.717, 1.165) is 0 Å². The maximum atomic E-state index is 11.6. The van der Waals surface area contributed by atoms with Crippen LogP contribution in [0.15, 0.2) is 18.2 Å². The first kappa shape index (κ1) is 15.2. The molecule has 1 aliphatic heterocycles. The summed E-state index contributed by atoms with van der Waals surface area (Å²) in [4.78, 5) is 24.1. The number of anilines is 1. The first-order chi connectivity index (χ1) is 10.1. The standard InChI is InChI=1S/C13H17N3O5/c1-14-13(18)9-2-3-11(12(6-9)16(19)20)15-4-5-21-10(7-15)8-17/h2-3,6,10,17H,4-5,7-8H2,1H3,(H,14,18).